The lowest BCUT2D eigenvalue weighted by molar-refractivity contribution is -0.119. The Labute approximate surface area is 110 Å². The molecular formula is C13H15N3O3. The molecule has 2 fully saturated rings. The molecule has 0 saturated carbocycles. The van der Waals surface area contributed by atoms with Crippen molar-refractivity contribution < 1.29 is 14.3 Å². The fourth-order valence-corrected chi connectivity index (χ4v) is 2.65. The predicted molar refractivity (Wildman–Crippen MR) is 69.6 cm³/mol. The molecule has 2 aliphatic rings. The minimum atomic E-state index is -0.394. The normalized spacial score (nSPS) is 26.2. The van der Waals surface area contributed by atoms with Gasteiger partial charge in [0.2, 0.25) is 0 Å². The molecule has 2 unspecified atom stereocenters. The number of rotatable bonds is 2. The third-order valence-electron chi connectivity index (χ3n) is 3.69. The van der Waals surface area contributed by atoms with Gasteiger partial charge in [-0.2, -0.15) is 0 Å². The van der Waals surface area contributed by atoms with Crippen LogP contribution in [-0.2, 0) is 9.53 Å². The van der Waals surface area contributed by atoms with Crippen LogP contribution >= 0.6 is 0 Å². The van der Waals surface area contributed by atoms with Gasteiger partial charge in [0, 0.05) is 25.8 Å². The molecule has 2 atom stereocenters. The monoisotopic (exact) mass is 261 g/mol. The van der Waals surface area contributed by atoms with Crippen molar-refractivity contribution in [2.24, 2.45) is 0 Å². The maximum atomic E-state index is 12.3. The van der Waals surface area contributed by atoms with Crippen molar-refractivity contribution in [3.8, 4) is 0 Å². The van der Waals surface area contributed by atoms with Crippen LogP contribution in [0.2, 0.25) is 0 Å². The van der Waals surface area contributed by atoms with E-state index in [1.54, 1.807) is 36.3 Å². The minimum absolute atomic E-state index is 0.0496. The summed E-state index contributed by atoms with van der Waals surface area (Å²) >= 11 is 0. The van der Waals surface area contributed by atoms with Gasteiger partial charge in [-0.3, -0.25) is 4.79 Å². The molecule has 100 valence electrons. The molecular weight excluding hydrogens is 246 g/mol. The number of carbonyl (C=O) groups excluding carboxylic acids is 2. The smallest absolute Gasteiger partial charge is 0.332 e. The molecule has 3 amide bonds. The Morgan fingerprint density at radius 3 is 2.53 bits per heavy atom. The largest absolute Gasteiger partial charge is 0.399 e. The molecule has 3 rings (SSSR count). The summed E-state index contributed by atoms with van der Waals surface area (Å²) in [4.78, 5) is 27.4. The summed E-state index contributed by atoms with van der Waals surface area (Å²) in [6.07, 6.45) is 0.512. The lowest BCUT2D eigenvalue weighted by Gasteiger charge is -2.17. The first-order valence-corrected chi connectivity index (χ1v) is 6.14. The van der Waals surface area contributed by atoms with Crippen molar-refractivity contribution >= 4 is 23.3 Å². The second-order valence-corrected chi connectivity index (χ2v) is 4.81. The predicted octanol–water partition coefficient (Wildman–Crippen LogP) is 0.825. The maximum absolute atomic E-state index is 12.3. The molecule has 1 aromatic carbocycles. The van der Waals surface area contributed by atoms with Crippen LogP contribution < -0.4 is 10.6 Å². The number of methoxy groups -OCH3 is 1. The summed E-state index contributed by atoms with van der Waals surface area (Å²) in [6, 6.07) is 6.05. The maximum Gasteiger partial charge on any atom is 0.332 e. The molecule has 6 heteroatoms. The van der Waals surface area contributed by atoms with Crippen LogP contribution in [-0.4, -0.2) is 42.6 Å². The van der Waals surface area contributed by atoms with Crippen LogP contribution in [0, 0.1) is 0 Å². The lowest BCUT2D eigenvalue weighted by Crippen LogP contribution is -2.35. The van der Waals surface area contributed by atoms with Gasteiger partial charge in [0.15, 0.2) is 0 Å². The number of amides is 3. The van der Waals surface area contributed by atoms with Crippen molar-refractivity contribution in [3.05, 3.63) is 24.3 Å². The van der Waals surface area contributed by atoms with Crippen LogP contribution in [0.4, 0.5) is 16.2 Å². The van der Waals surface area contributed by atoms with Crippen LogP contribution in [0.1, 0.15) is 6.42 Å². The first-order chi connectivity index (χ1) is 9.11. The van der Waals surface area contributed by atoms with Crippen molar-refractivity contribution in [2.45, 2.75) is 18.6 Å². The number of benzene rings is 1. The zero-order valence-electron chi connectivity index (χ0n) is 10.6. The third kappa shape index (κ3) is 1.76. The third-order valence-corrected chi connectivity index (χ3v) is 3.69. The highest BCUT2D eigenvalue weighted by molar-refractivity contribution is 6.21. The van der Waals surface area contributed by atoms with E-state index in [2.05, 4.69) is 0 Å². The van der Waals surface area contributed by atoms with E-state index >= 15 is 0 Å². The van der Waals surface area contributed by atoms with Gasteiger partial charge in [-0.25, -0.2) is 9.69 Å². The van der Waals surface area contributed by atoms with Gasteiger partial charge in [0.05, 0.1) is 11.8 Å². The van der Waals surface area contributed by atoms with E-state index < -0.39 is 6.04 Å². The van der Waals surface area contributed by atoms with E-state index in [1.165, 1.54) is 4.90 Å². The quantitative estimate of drug-likeness (QED) is 0.632. The number of imide groups is 1. The first kappa shape index (κ1) is 12.0. The number of hydrogen-bond donors (Lipinski definition) is 1. The highest BCUT2D eigenvalue weighted by atomic mass is 16.5. The Hall–Kier alpha value is -2.08. The highest BCUT2D eigenvalue weighted by Crippen LogP contribution is 2.32. The van der Waals surface area contributed by atoms with Gasteiger partial charge in [-0.1, -0.05) is 0 Å². The number of urea groups is 1. The average Bonchev–Trinajstić information content (AvgIpc) is 2.93. The summed E-state index contributed by atoms with van der Waals surface area (Å²) < 4.78 is 5.22. The summed E-state index contributed by atoms with van der Waals surface area (Å²) in [5, 5.41) is 0. The van der Waals surface area contributed by atoms with Gasteiger partial charge in [0.25, 0.3) is 5.91 Å². The molecule has 2 heterocycles. The second kappa shape index (κ2) is 4.24. The molecule has 0 spiro atoms. The van der Waals surface area contributed by atoms with Crippen molar-refractivity contribution in [1.82, 2.24) is 4.90 Å². The molecule has 2 N–H and O–H groups in total. The lowest BCUT2D eigenvalue weighted by atomic mass is 10.2. The summed E-state index contributed by atoms with van der Waals surface area (Å²) in [5.41, 5.74) is 6.77. The molecule has 0 aliphatic carbocycles. The number of ether oxygens (including phenoxy) is 1. The van der Waals surface area contributed by atoms with Crippen LogP contribution in [0.5, 0.6) is 0 Å². The molecule has 0 bridgehead atoms. The highest BCUT2D eigenvalue weighted by Gasteiger charge is 2.51. The molecule has 19 heavy (non-hydrogen) atoms. The molecule has 1 aromatic rings. The van der Waals surface area contributed by atoms with E-state index in [4.69, 9.17) is 10.5 Å². The number of nitrogen functional groups attached to an aromatic ring is 1. The molecule has 0 aromatic heterocycles. The van der Waals surface area contributed by atoms with Gasteiger partial charge < -0.3 is 15.4 Å². The zero-order valence-corrected chi connectivity index (χ0v) is 10.6. The van der Waals surface area contributed by atoms with E-state index in [0.29, 0.717) is 24.3 Å². The van der Waals surface area contributed by atoms with Crippen LogP contribution in [0.15, 0.2) is 24.3 Å². The first-order valence-electron chi connectivity index (χ1n) is 6.14. The zero-order chi connectivity index (χ0) is 13.6. The van der Waals surface area contributed by atoms with Crippen LogP contribution in [0.25, 0.3) is 0 Å². The standard InChI is InChI=1S/C13H15N3O3/c1-19-10-6-11-12(17)16(13(18)15(11)7-10)9-4-2-8(14)3-5-9/h2-5,10-11H,6-7,14H2,1H3. The SMILES string of the molecule is COC1CC2C(=O)N(c3ccc(N)cc3)C(=O)N2C1. The Morgan fingerprint density at radius 2 is 1.95 bits per heavy atom. The minimum Gasteiger partial charge on any atom is -0.399 e. The van der Waals surface area contributed by atoms with Crippen LogP contribution in [0.3, 0.4) is 0 Å². The summed E-state index contributed by atoms with van der Waals surface area (Å²) in [6.45, 7) is 0.469. The van der Waals surface area contributed by atoms with Gasteiger partial charge in [-0.05, 0) is 24.3 Å². The number of anilines is 2. The van der Waals surface area contributed by atoms with E-state index in [-0.39, 0.29) is 18.0 Å². The van der Waals surface area contributed by atoms with Crippen molar-refractivity contribution in [1.29, 1.82) is 0 Å². The summed E-state index contributed by atoms with van der Waals surface area (Å²) in [7, 11) is 1.60. The Kier molecular flexibility index (Phi) is 2.67. The topological polar surface area (TPSA) is 75.9 Å². The molecule has 2 saturated heterocycles. The number of nitrogens with zero attached hydrogens (tertiary/aromatic N) is 2. The average molecular weight is 261 g/mol. The Bertz CT molecular complexity index is 504. The summed E-state index contributed by atoms with van der Waals surface area (Å²) in [5.74, 6) is -0.186. The Morgan fingerprint density at radius 1 is 1.26 bits per heavy atom. The number of nitrogens with two attached hydrogens (primary N) is 1. The molecule has 6 nitrogen and oxygen atoms in total. The number of hydrogen-bond acceptors (Lipinski definition) is 4. The fourth-order valence-electron chi connectivity index (χ4n) is 2.65. The Balaban J connectivity index is 1.88. The van der Waals surface area contributed by atoms with Gasteiger partial charge >= 0.3 is 6.03 Å². The van der Waals surface area contributed by atoms with E-state index in [9.17, 15) is 9.59 Å². The number of carbonyl (C=O) groups is 2. The second-order valence-electron chi connectivity index (χ2n) is 4.81. The van der Waals surface area contributed by atoms with E-state index in [0.717, 1.165) is 0 Å². The number of fused-ring (bicyclic) bond motifs is 1. The molecule has 0 radical (unpaired) electrons. The van der Waals surface area contributed by atoms with E-state index in [1.807, 2.05) is 0 Å². The fraction of sp³-hybridized carbons (Fsp3) is 0.385. The van der Waals surface area contributed by atoms with Gasteiger partial charge in [0.1, 0.15) is 6.04 Å². The van der Waals surface area contributed by atoms with Gasteiger partial charge in [-0.15, -0.1) is 0 Å². The molecule has 2 aliphatic heterocycles. The van der Waals surface area contributed by atoms with Crippen molar-refractivity contribution in [2.75, 3.05) is 24.3 Å². The van der Waals surface area contributed by atoms with Crippen molar-refractivity contribution in [3.63, 3.8) is 0 Å².